The summed E-state index contributed by atoms with van der Waals surface area (Å²) in [5, 5.41) is 3.96. The maximum absolute atomic E-state index is 12.7. The lowest BCUT2D eigenvalue weighted by molar-refractivity contribution is 0.369. The van der Waals surface area contributed by atoms with Crippen molar-refractivity contribution in [1.29, 1.82) is 0 Å². The van der Waals surface area contributed by atoms with Gasteiger partial charge >= 0.3 is 11.1 Å². The van der Waals surface area contributed by atoms with Crippen LogP contribution in [0.1, 0.15) is 17.0 Å². The SMILES string of the molecule is COc1cccc(-c2noc(Cn3ccn(-c4cc(C)ccc4C)c(=O)c3=O)n2)c1. The van der Waals surface area contributed by atoms with Crippen LogP contribution in [0.4, 0.5) is 0 Å². The molecule has 0 aliphatic heterocycles. The van der Waals surface area contributed by atoms with Crippen molar-refractivity contribution in [3.8, 4) is 22.8 Å². The van der Waals surface area contributed by atoms with Crippen molar-refractivity contribution >= 4 is 0 Å². The number of hydrogen-bond acceptors (Lipinski definition) is 6. The zero-order valence-electron chi connectivity index (χ0n) is 16.8. The topological polar surface area (TPSA) is 92.2 Å². The van der Waals surface area contributed by atoms with Crippen molar-refractivity contribution < 1.29 is 9.26 Å². The van der Waals surface area contributed by atoms with Crippen molar-refractivity contribution in [1.82, 2.24) is 19.3 Å². The molecule has 0 aliphatic carbocycles. The minimum Gasteiger partial charge on any atom is -0.497 e. The Morgan fingerprint density at radius 2 is 1.87 bits per heavy atom. The Bertz CT molecular complexity index is 1330. The molecule has 8 nitrogen and oxygen atoms in total. The van der Waals surface area contributed by atoms with Gasteiger partial charge in [-0.3, -0.25) is 18.7 Å². The van der Waals surface area contributed by atoms with Crippen molar-refractivity contribution in [3.05, 3.63) is 92.6 Å². The van der Waals surface area contributed by atoms with Crippen LogP contribution in [-0.4, -0.2) is 26.4 Å². The summed E-state index contributed by atoms with van der Waals surface area (Å²) < 4.78 is 13.1. The van der Waals surface area contributed by atoms with Gasteiger partial charge in [0.25, 0.3) is 0 Å². The largest absolute Gasteiger partial charge is 0.497 e. The fourth-order valence-electron chi connectivity index (χ4n) is 3.15. The molecule has 2 aromatic heterocycles. The molecule has 4 rings (SSSR count). The lowest BCUT2D eigenvalue weighted by Crippen LogP contribution is -2.40. The zero-order valence-corrected chi connectivity index (χ0v) is 16.8. The molecule has 0 N–H and O–H groups in total. The molecule has 30 heavy (non-hydrogen) atoms. The Balaban J connectivity index is 1.64. The van der Waals surface area contributed by atoms with Gasteiger partial charge in [0.15, 0.2) is 0 Å². The van der Waals surface area contributed by atoms with Crippen molar-refractivity contribution in [2.75, 3.05) is 7.11 Å². The van der Waals surface area contributed by atoms with Gasteiger partial charge in [0.1, 0.15) is 12.3 Å². The van der Waals surface area contributed by atoms with Gasteiger partial charge in [-0.25, -0.2) is 0 Å². The Hall–Kier alpha value is -3.94. The van der Waals surface area contributed by atoms with Gasteiger partial charge in [-0.1, -0.05) is 29.4 Å². The number of ether oxygens (including phenoxy) is 1. The van der Waals surface area contributed by atoms with Crippen LogP contribution in [-0.2, 0) is 6.54 Å². The lowest BCUT2D eigenvalue weighted by atomic mass is 10.1. The lowest BCUT2D eigenvalue weighted by Gasteiger charge is -2.11. The van der Waals surface area contributed by atoms with Crippen LogP contribution in [0, 0.1) is 13.8 Å². The third-order valence-corrected chi connectivity index (χ3v) is 4.78. The molecule has 0 saturated carbocycles. The van der Waals surface area contributed by atoms with Gasteiger partial charge in [0, 0.05) is 18.0 Å². The molecule has 2 heterocycles. The van der Waals surface area contributed by atoms with E-state index in [9.17, 15) is 9.59 Å². The number of aromatic nitrogens is 4. The van der Waals surface area contributed by atoms with E-state index in [-0.39, 0.29) is 12.4 Å². The molecule has 4 aromatic rings. The monoisotopic (exact) mass is 404 g/mol. The van der Waals surface area contributed by atoms with Crippen molar-refractivity contribution in [2.24, 2.45) is 0 Å². The quantitative estimate of drug-likeness (QED) is 0.475. The van der Waals surface area contributed by atoms with E-state index in [4.69, 9.17) is 9.26 Å². The molecule has 0 atom stereocenters. The van der Waals surface area contributed by atoms with E-state index in [0.717, 1.165) is 16.7 Å². The second-order valence-corrected chi connectivity index (χ2v) is 6.94. The van der Waals surface area contributed by atoms with Crippen LogP contribution < -0.4 is 15.9 Å². The van der Waals surface area contributed by atoms with Gasteiger partial charge in [0.2, 0.25) is 11.7 Å². The Morgan fingerprint density at radius 3 is 2.67 bits per heavy atom. The van der Waals surface area contributed by atoms with Gasteiger partial charge < -0.3 is 9.26 Å². The Morgan fingerprint density at radius 1 is 1.03 bits per heavy atom. The van der Waals surface area contributed by atoms with E-state index in [2.05, 4.69) is 10.1 Å². The first-order valence-electron chi connectivity index (χ1n) is 9.33. The summed E-state index contributed by atoms with van der Waals surface area (Å²) in [6.07, 6.45) is 3.12. The van der Waals surface area contributed by atoms with E-state index in [0.29, 0.717) is 17.3 Å². The predicted octanol–water partition coefficient (Wildman–Crippen LogP) is 2.72. The number of methoxy groups -OCH3 is 1. The highest BCUT2D eigenvalue weighted by atomic mass is 16.5. The molecule has 0 fully saturated rings. The highest BCUT2D eigenvalue weighted by molar-refractivity contribution is 5.56. The molecular formula is C22H20N4O4. The van der Waals surface area contributed by atoms with Crippen LogP contribution in [0.5, 0.6) is 5.75 Å². The van der Waals surface area contributed by atoms with Gasteiger partial charge in [-0.15, -0.1) is 0 Å². The number of nitrogens with zero attached hydrogens (tertiary/aromatic N) is 4. The smallest absolute Gasteiger partial charge is 0.320 e. The van der Waals surface area contributed by atoms with Crippen molar-refractivity contribution in [3.63, 3.8) is 0 Å². The number of hydrogen-bond donors (Lipinski definition) is 0. The first-order chi connectivity index (χ1) is 14.5. The molecule has 0 unspecified atom stereocenters. The normalized spacial score (nSPS) is 10.9. The first kappa shape index (κ1) is 19.4. The average Bonchev–Trinajstić information content (AvgIpc) is 3.22. The molecule has 152 valence electrons. The summed E-state index contributed by atoms with van der Waals surface area (Å²) >= 11 is 0. The van der Waals surface area contributed by atoms with Crippen molar-refractivity contribution in [2.45, 2.75) is 20.4 Å². The highest BCUT2D eigenvalue weighted by Crippen LogP contribution is 2.21. The van der Waals surface area contributed by atoms with Crippen LogP contribution in [0.2, 0.25) is 0 Å². The summed E-state index contributed by atoms with van der Waals surface area (Å²) in [6.45, 7) is 3.83. The third-order valence-electron chi connectivity index (χ3n) is 4.78. The Kier molecular flexibility index (Phi) is 5.05. The highest BCUT2D eigenvalue weighted by Gasteiger charge is 2.13. The summed E-state index contributed by atoms with van der Waals surface area (Å²) in [6, 6.07) is 13.0. The van der Waals surface area contributed by atoms with Crippen LogP contribution in [0.3, 0.4) is 0 Å². The second-order valence-electron chi connectivity index (χ2n) is 6.94. The molecule has 8 heteroatoms. The molecule has 2 aromatic carbocycles. The standard InChI is InChI=1S/C22H20N4O4/c1-14-7-8-15(2)18(11-14)26-10-9-25(21(27)22(26)28)13-19-23-20(24-30-19)16-5-4-6-17(12-16)29-3/h4-12H,13H2,1-3H3. The summed E-state index contributed by atoms with van der Waals surface area (Å²) in [4.78, 5) is 29.7. The van der Waals surface area contributed by atoms with E-state index in [1.54, 1.807) is 25.6 Å². The van der Waals surface area contributed by atoms with E-state index < -0.39 is 11.1 Å². The second kappa shape index (κ2) is 7.82. The fourth-order valence-corrected chi connectivity index (χ4v) is 3.15. The maximum Gasteiger partial charge on any atom is 0.320 e. The predicted molar refractivity (Wildman–Crippen MR) is 111 cm³/mol. The fraction of sp³-hybridized carbons (Fsp3) is 0.182. The van der Waals surface area contributed by atoms with E-state index >= 15 is 0 Å². The number of aryl methyl sites for hydroxylation is 2. The summed E-state index contributed by atoms with van der Waals surface area (Å²) in [5.74, 6) is 1.27. The van der Waals surface area contributed by atoms with Crippen LogP contribution >= 0.6 is 0 Å². The average molecular weight is 404 g/mol. The number of rotatable bonds is 5. The van der Waals surface area contributed by atoms with Crippen LogP contribution in [0.25, 0.3) is 17.1 Å². The number of benzene rings is 2. The molecular weight excluding hydrogens is 384 g/mol. The Labute approximate surface area is 172 Å². The van der Waals surface area contributed by atoms with E-state index in [1.165, 1.54) is 9.13 Å². The van der Waals surface area contributed by atoms with Crippen LogP contribution in [0.15, 0.2) is 69.0 Å². The molecule has 0 aliphatic rings. The maximum atomic E-state index is 12.7. The molecule has 0 spiro atoms. The minimum atomic E-state index is -0.667. The molecule has 0 bridgehead atoms. The molecule has 0 saturated heterocycles. The summed E-state index contributed by atoms with van der Waals surface area (Å²) in [7, 11) is 1.58. The zero-order chi connectivity index (χ0) is 21.3. The van der Waals surface area contributed by atoms with Gasteiger partial charge in [-0.05, 0) is 43.2 Å². The van der Waals surface area contributed by atoms with Gasteiger partial charge in [-0.2, -0.15) is 4.98 Å². The minimum absolute atomic E-state index is 0.00131. The third kappa shape index (κ3) is 3.67. The molecule has 0 radical (unpaired) electrons. The van der Waals surface area contributed by atoms with Gasteiger partial charge in [0.05, 0.1) is 12.8 Å². The summed E-state index contributed by atoms with van der Waals surface area (Å²) in [5.41, 5.74) is 2.00. The van der Waals surface area contributed by atoms with E-state index in [1.807, 2.05) is 50.2 Å². The molecule has 0 amide bonds. The first-order valence-corrected chi connectivity index (χ1v) is 9.33.